The lowest BCUT2D eigenvalue weighted by atomic mass is 9.93. The van der Waals surface area contributed by atoms with Crippen molar-refractivity contribution in [3.05, 3.63) is 0 Å². The van der Waals surface area contributed by atoms with Crippen LogP contribution in [0.25, 0.3) is 0 Å². The Labute approximate surface area is 139 Å². The number of carbonyl (C=O) groups is 1. The van der Waals surface area contributed by atoms with Gasteiger partial charge in [-0.25, -0.2) is 0 Å². The topological polar surface area (TPSA) is 23.6 Å². The fourth-order valence-corrected chi connectivity index (χ4v) is 3.28. The third-order valence-electron chi connectivity index (χ3n) is 4.69. The van der Waals surface area contributed by atoms with Gasteiger partial charge in [0, 0.05) is 12.6 Å². The van der Waals surface area contributed by atoms with Crippen molar-refractivity contribution in [3.63, 3.8) is 0 Å². The lowest BCUT2D eigenvalue weighted by molar-refractivity contribution is -0.136. The van der Waals surface area contributed by atoms with Crippen LogP contribution in [0.1, 0.15) is 74.1 Å². The molecule has 2 atom stereocenters. The predicted octanol–water partition coefficient (Wildman–Crippen LogP) is 4.42. The highest BCUT2D eigenvalue weighted by Gasteiger charge is 2.28. The number of amides is 1. The van der Waals surface area contributed by atoms with Gasteiger partial charge in [-0.15, -0.1) is 0 Å². The van der Waals surface area contributed by atoms with Crippen molar-refractivity contribution in [2.45, 2.75) is 80.2 Å². The molecule has 0 N–H and O–H groups in total. The Kier molecular flexibility index (Phi) is 11.6. The fraction of sp³-hybridized carbons (Fsp3) is 0.947. The minimum atomic E-state index is 0.351. The molecule has 2 rings (SSSR count). The summed E-state index contributed by atoms with van der Waals surface area (Å²) in [4.78, 5) is 16.8. The molecule has 2 aliphatic rings. The second-order valence-electron chi connectivity index (χ2n) is 6.52. The first-order valence-electron chi connectivity index (χ1n) is 9.58. The van der Waals surface area contributed by atoms with Crippen molar-refractivity contribution in [2.75, 3.05) is 26.2 Å². The van der Waals surface area contributed by atoms with Crippen molar-refractivity contribution in [3.8, 4) is 0 Å². The largest absolute Gasteiger partial charge is 0.339 e. The maximum atomic E-state index is 12.3. The summed E-state index contributed by atoms with van der Waals surface area (Å²) in [5, 5.41) is 0. The third-order valence-corrected chi connectivity index (χ3v) is 4.69. The number of nitrogens with zero attached hydrogens (tertiary/aromatic N) is 2. The first-order chi connectivity index (χ1) is 10.6. The Morgan fingerprint density at radius 3 is 1.86 bits per heavy atom. The SMILES string of the molecule is CC.CC.CC1CCN(CC(=O)N2CCC(C)CC2C)CC1. The molecule has 3 nitrogen and oxygen atoms in total. The summed E-state index contributed by atoms with van der Waals surface area (Å²) in [5.41, 5.74) is 0. The van der Waals surface area contributed by atoms with Gasteiger partial charge in [-0.3, -0.25) is 9.69 Å². The summed E-state index contributed by atoms with van der Waals surface area (Å²) < 4.78 is 0. The molecule has 0 aromatic carbocycles. The molecule has 0 aromatic heterocycles. The van der Waals surface area contributed by atoms with Gasteiger partial charge in [0.2, 0.25) is 5.91 Å². The minimum Gasteiger partial charge on any atom is -0.339 e. The van der Waals surface area contributed by atoms with Crippen LogP contribution in [-0.4, -0.2) is 47.9 Å². The summed E-state index contributed by atoms with van der Waals surface area (Å²) in [6, 6.07) is 0.435. The molecular formula is C19H40N2O. The van der Waals surface area contributed by atoms with Gasteiger partial charge in [-0.1, -0.05) is 41.5 Å². The maximum Gasteiger partial charge on any atom is 0.236 e. The molecule has 0 bridgehead atoms. The molecular weight excluding hydrogens is 272 g/mol. The number of hydrogen-bond donors (Lipinski definition) is 0. The van der Waals surface area contributed by atoms with Crippen LogP contribution < -0.4 is 0 Å². The van der Waals surface area contributed by atoms with Crippen molar-refractivity contribution in [1.29, 1.82) is 0 Å². The second-order valence-corrected chi connectivity index (χ2v) is 6.52. The minimum absolute atomic E-state index is 0.351. The lowest BCUT2D eigenvalue weighted by Gasteiger charge is -2.38. The van der Waals surface area contributed by atoms with Gasteiger partial charge in [0.05, 0.1) is 6.54 Å². The molecule has 132 valence electrons. The average Bonchev–Trinajstić information content (AvgIpc) is 2.53. The first-order valence-corrected chi connectivity index (χ1v) is 9.58. The smallest absolute Gasteiger partial charge is 0.236 e. The van der Waals surface area contributed by atoms with Crippen LogP contribution in [0.15, 0.2) is 0 Å². The molecule has 2 saturated heterocycles. The zero-order chi connectivity index (χ0) is 17.1. The Morgan fingerprint density at radius 1 is 0.864 bits per heavy atom. The number of likely N-dealkylation sites (tertiary alicyclic amines) is 2. The van der Waals surface area contributed by atoms with E-state index in [0.29, 0.717) is 18.5 Å². The Morgan fingerprint density at radius 2 is 1.36 bits per heavy atom. The van der Waals surface area contributed by atoms with Gasteiger partial charge in [0.1, 0.15) is 0 Å². The first kappa shape index (κ1) is 21.4. The van der Waals surface area contributed by atoms with Crippen molar-refractivity contribution < 1.29 is 4.79 Å². The standard InChI is InChI=1S/C15H28N2O.2C2H6/c1-12-4-7-16(8-5-12)11-15(18)17-9-6-13(2)10-14(17)3;2*1-2/h12-14H,4-11H2,1-3H3;2*1-2H3. The van der Waals surface area contributed by atoms with Crippen LogP contribution >= 0.6 is 0 Å². The van der Waals surface area contributed by atoms with E-state index in [2.05, 4.69) is 30.6 Å². The van der Waals surface area contributed by atoms with Crippen LogP contribution in [0.4, 0.5) is 0 Å². The van der Waals surface area contributed by atoms with Gasteiger partial charge in [0.15, 0.2) is 0 Å². The predicted molar refractivity (Wildman–Crippen MR) is 97.1 cm³/mol. The quantitative estimate of drug-likeness (QED) is 0.753. The number of hydrogen-bond acceptors (Lipinski definition) is 2. The molecule has 2 unspecified atom stereocenters. The van der Waals surface area contributed by atoms with Gasteiger partial charge in [0.25, 0.3) is 0 Å². The highest BCUT2D eigenvalue weighted by molar-refractivity contribution is 5.78. The molecule has 0 radical (unpaired) electrons. The molecule has 0 aliphatic carbocycles. The summed E-state index contributed by atoms with van der Waals surface area (Å²) in [7, 11) is 0. The van der Waals surface area contributed by atoms with Crippen LogP contribution in [0, 0.1) is 11.8 Å². The zero-order valence-electron chi connectivity index (χ0n) is 16.2. The van der Waals surface area contributed by atoms with E-state index in [1.807, 2.05) is 27.7 Å². The number of piperidine rings is 2. The monoisotopic (exact) mass is 312 g/mol. The van der Waals surface area contributed by atoms with E-state index in [1.54, 1.807) is 0 Å². The van der Waals surface area contributed by atoms with Gasteiger partial charge in [-0.2, -0.15) is 0 Å². The molecule has 2 heterocycles. The summed E-state index contributed by atoms with van der Waals surface area (Å²) in [6.07, 6.45) is 4.84. The molecule has 0 aromatic rings. The molecule has 0 spiro atoms. The fourth-order valence-electron chi connectivity index (χ4n) is 3.28. The van der Waals surface area contributed by atoms with E-state index in [1.165, 1.54) is 25.7 Å². The summed E-state index contributed by atoms with van der Waals surface area (Å²) in [5.74, 6) is 1.97. The third kappa shape index (κ3) is 7.13. The van der Waals surface area contributed by atoms with E-state index in [-0.39, 0.29) is 0 Å². The second kappa shape index (κ2) is 11.9. The van der Waals surface area contributed by atoms with E-state index < -0.39 is 0 Å². The van der Waals surface area contributed by atoms with Crippen molar-refractivity contribution >= 4 is 5.91 Å². The normalized spacial score (nSPS) is 26.4. The van der Waals surface area contributed by atoms with E-state index >= 15 is 0 Å². The summed E-state index contributed by atoms with van der Waals surface area (Å²) >= 11 is 0. The molecule has 3 heteroatoms. The van der Waals surface area contributed by atoms with Crippen LogP contribution in [-0.2, 0) is 4.79 Å². The molecule has 22 heavy (non-hydrogen) atoms. The zero-order valence-corrected chi connectivity index (χ0v) is 16.2. The van der Waals surface area contributed by atoms with Gasteiger partial charge in [-0.05, 0) is 57.5 Å². The molecule has 0 saturated carbocycles. The van der Waals surface area contributed by atoms with E-state index in [9.17, 15) is 4.79 Å². The van der Waals surface area contributed by atoms with Crippen LogP contribution in [0.3, 0.4) is 0 Å². The lowest BCUT2D eigenvalue weighted by Crippen LogP contribution is -2.49. The molecule has 2 aliphatic heterocycles. The van der Waals surface area contributed by atoms with Crippen LogP contribution in [0.5, 0.6) is 0 Å². The Balaban J connectivity index is 0.00000102. The summed E-state index contributed by atoms with van der Waals surface area (Å²) in [6.45, 7) is 18.6. The van der Waals surface area contributed by atoms with Gasteiger partial charge < -0.3 is 4.90 Å². The van der Waals surface area contributed by atoms with Crippen molar-refractivity contribution in [1.82, 2.24) is 9.80 Å². The molecule has 1 amide bonds. The average molecular weight is 313 g/mol. The number of carbonyl (C=O) groups excluding carboxylic acids is 1. The Bertz CT molecular complexity index is 285. The van der Waals surface area contributed by atoms with Gasteiger partial charge >= 0.3 is 0 Å². The van der Waals surface area contributed by atoms with Crippen molar-refractivity contribution in [2.24, 2.45) is 11.8 Å². The van der Waals surface area contributed by atoms with Crippen LogP contribution in [0.2, 0.25) is 0 Å². The maximum absolute atomic E-state index is 12.3. The molecule has 2 fully saturated rings. The van der Waals surface area contributed by atoms with E-state index in [0.717, 1.165) is 31.5 Å². The highest BCUT2D eigenvalue weighted by Crippen LogP contribution is 2.23. The van der Waals surface area contributed by atoms with E-state index in [4.69, 9.17) is 0 Å². The highest BCUT2D eigenvalue weighted by atomic mass is 16.2. The Hall–Kier alpha value is -0.570. The number of rotatable bonds is 2.